The highest BCUT2D eigenvalue weighted by atomic mass is 16.5. The van der Waals surface area contributed by atoms with Gasteiger partial charge in [0.1, 0.15) is 28.6 Å². The standard InChI is InChI=1S/C22H22N4O3/c23-15-12-13-26(14-15)20-11-10-19(21(24)27)22(25-20)29-18-8-6-17(7-9-18)28-16-4-2-1-3-5-16/h1-11,15H,12-14,23H2,(H2,24,27)/t15-/m0/s1. The number of benzene rings is 2. The Kier molecular flexibility index (Phi) is 5.31. The van der Waals surface area contributed by atoms with Gasteiger partial charge >= 0.3 is 0 Å². The van der Waals surface area contributed by atoms with E-state index in [1.165, 1.54) is 0 Å². The zero-order valence-corrected chi connectivity index (χ0v) is 15.8. The molecule has 0 aliphatic carbocycles. The van der Waals surface area contributed by atoms with Gasteiger partial charge in [-0.25, -0.2) is 0 Å². The quantitative estimate of drug-likeness (QED) is 0.669. The minimum Gasteiger partial charge on any atom is -0.457 e. The Hall–Kier alpha value is -3.58. The van der Waals surface area contributed by atoms with Gasteiger partial charge in [-0.15, -0.1) is 0 Å². The van der Waals surface area contributed by atoms with Crippen LogP contribution in [0.15, 0.2) is 66.7 Å². The molecule has 1 saturated heterocycles. The van der Waals surface area contributed by atoms with Crippen molar-refractivity contribution in [2.24, 2.45) is 11.5 Å². The third kappa shape index (κ3) is 4.47. The van der Waals surface area contributed by atoms with Gasteiger partial charge in [-0.05, 0) is 55.0 Å². The SMILES string of the molecule is NC(=O)c1ccc(N2CC[C@H](N)C2)nc1Oc1ccc(Oc2ccccc2)cc1. The van der Waals surface area contributed by atoms with Crippen molar-refractivity contribution in [2.75, 3.05) is 18.0 Å². The van der Waals surface area contributed by atoms with E-state index >= 15 is 0 Å². The van der Waals surface area contributed by atoms with Crippen LogP contribution in [0.4, 0.5) is 5.82 Å². The Labute approximate surface area is 168 Å². The summed E-state index contributed by atoms with van der Waals surface area (Å²) in [6.07, 6.45) is 0.901. The fourth-order valence-corrected chi connectivity index (χ4v) is 3.18. The van der Waals surface area contributed by atoms with E-state index in [4.69, 9.17) is 20.9 Å². The number of ether oxygens (including phenoxy) is 2. The molecule has 0 saturated carbocycles. The molecule has 148 valence electrons. The molecule has 3 aromatic rings. The highest BCUT2D eigenvalue weighted by Crippen LogP contribution is 2.29. The van der Waals surface area contributed by atoms with Crippen molar-refractivity contribution in [3.8, 4) is 23.1 Å². The molecule has 2 aromatic carbocycles. The molecular weight excluding hydrogens is 368 g/mol. The average Bonchev–Trinajstić information content (AvgIpc) is 3.16. The highest BCUT2D eigenvalue weighted by Gasteiger charge is 2.22. The van der Waals surface area contributed by atoms with Crippen molar-refractivity contribution < 1.29 is 14.3 Å². The maximum atomic E-state index is 11.8. The Balaban J connectivity index is 1.53. The Morgan fingerprint density at radius 2 is 1.59 bits per heavy atom. The van der Waals surface area contributed by atoms with Crippen LogP contribution in [0.2, 0.25) is 0 Å². The number of primary amides is 1. The Bertz CT molecular complexity index is 993. The van der Waals surface area contributed by atoms with E-state index in [0.29, 0.717) is 23.9 Å². The second kappa shape index (κ2) is 8.20. The number of aromatic nitrogens is 1. The van der Waals surface area contributed by atoms with Gasteiger partial charge in [0.05, 0.1) is 0 Å². The fourth-order valence-electron chi connectivity index (χ4n) is 3.18. The number of pyridine rings is 1. The summed E-state index contributed by atoms with van der Waals surface area (Å²) in [6.45, 7) is 1.53. The molecule has 0 bridgehead atoms. The van der Waals surface area contributed by atoms with Gasteiger partial charge < -0.3 is 25.8 Å². The zero-order chi connectivity index (χ0) is 20.2. The largest absolute Gasteiger partial charge is 0.457 e. The lowest BCUT2D eigenvalue weighted by molar-refractivity contribution is 0.0997. The molecular formula is C22H22N4O3. The van der Waals surface area contributed by atoms with Gasteiger partial charge in [-0.3, -0.25) is 4.79 Å². The summed E-state index contributed by atoms with van der Waals surface area (Å²) in [5, 5.41) is 0. The Morgan fingerprint density at radius 1 is 0.931 bits per heavy atom. The van der Waals surface area contributed by atoms with E-state index in [1.807, 2.05) is 30.3 Å². The molecule has 4 rings (SSSR count). The zero-order valence-electron chi connectivity index (χ0n) is 15.8. The molecule has 1 aliphatic heterocycles. The van der Waals surface area contributed by atoms with E-state index in [0.717, 1.165) is 18.7 Å². The lowest BCUT2D eigenvalue weighted by atomic mass is 10.2. The van der Waals surface area contributed by atoms with Gasteiger partial charge in [-0.1, -0.05) is 18.2 Å². The average molecular weight is 390 g/mol. The number of anilines is 1. The molecule has 7 nitrogen and oxygen atoms in total. The van der Waals surface area contributed by atoms with Crippen molar-refractivity contribution in [3.05, 3.63) is 72.3 Å². The monoisotopic (exact) mass is 390 g/mol. The number of nitrogens with zero attached hydrogens (tertiary/aromatic N) is 2. The number of hydrogen-bond donors (Lipinski definition) is 2. The summed E-state index contributed by atoms with van der Waals surface area (Å²) in [5.74, 6) is 2.23. The highest BCUT2D eigenvalue weighted by molar-refractivity contribution is 5.95. The van der Waals surface area contributed by atoms with Crippen molar-refractivity contribution in [1.82, 2.24) is 4.98 Å². The molecule has 29 heavy (non-hydrogen) atoms. The van der Waals surface area contributed by atoms with Gasteiger partial charge in [0, 0.05) is 19.1 Å². The smallest absolute Gasteiger partial charge is 0.254 e. The lowest BCUT2D eigenvalue weighted by Gasteiger charge is -2.18. The molecule has 0 spiro atoms. The van der Waals surface area contributed by atoms with Gasteiger partial charge in [0.25, 0.3) is 5.91 Å². The normalized spacial score (nSPS) is 15.9. The van der Waals surface area contributed by atoms with E-state index in [1.54, 1.807) is 36.4 Å². The van der Waals surface area contributed by atoms with E-state index in [2.05, 4.69) is 9.88 Å². The molecule has 1 fully saturated rings. The molecule has 1 atom stereocenters. The Morgan fingerprint density at radius 3 is 2.21 bits per heavy atom. The predicted octanol–water partition coefficient (Wildman–Crippen LogP) is 3.30. The number of carbonyl (C=O) groups is 1. The summed E-state index contributed by atoms with van der Waals surface area (Å²) in [4.78, 5) is 18.4. The first-order valence-electron chi connectivity index (χ1n) is 9.41. The first-order valence-corrected chi connectivity index (χ1v) is 9.41. The molecule has 0 unspecified atom stereocenters. The molecule has 1 aliphatic rings. The van der Waals surface area contributed by atoms with Crippen molar-refractivity contribution in [3.63, 3.8) is 0 Å². The predicted molar refractivity (Wildman–Crippen MR) is 111 cm³/mol. The summed E-state index contributed by atoms with van der Waals surface area (Å²) >= 11 is 0. The van der Waals surface area contributed by atoms with Crippen LogP contribution >= 0.6 is 0 Å². The van der Waals surface area contributed by atoms with E-state index in [-0.39, 0.29) is 17.5 Å². The minimum absolute atomic E-state index is 0.120. The van der Waals surface area contributed by atoms with Crippen molar-refractivity contribution in [1.29, 1.82) is 0 Å². The summed E-state index contributed by atoms with van der Waals surface area (Å²) in [6, 6.07) is 20.1. The van der Waals surface area contributed by atoms with Gasteiger partial charge in [0.2, 0.25) is 5.88 Å². The number of amides is 1. The number of hydrogen-bond acceptors (Lipinski definition) is 6. The second-order valence-electron chi connectivity index (χ2n) is 6.87. The molecule has 1 aromatic heterocycles. The number of rotatable bonds is 6. The molecule has 0 radical (unpaired) electrons. The van der Waals surface area contributed by atoms with Crippen LogP contribution in [-0.2, 0) is 0 Å². The van der Waals surface area contributed by atoms with E-state index in [9.17, 15) is 4.79 Å². The fraction of sp³-hybridized carbons (Fsp3) is 0.182. The van der Waals surface area contributed by atoms with Gasteiger partial charge in [0.15, 0.2) is 0 Å². The van der Waals surface area contributed by atoms with Crippen LogP contribution in [0, 0.1) is 0 Å². The second-order valence-corrected chi connectivity index (χ2v) is 6.87. The summed E-state index contributed by atoms with van der Waals surface area (Å²) in [7, 11) is 0. The molecule has 7 heteroatoms. The van der Waals surface area contributed by atoms with Crippen molar-refractivity contribution >= 4 is 11.7 Å². The maximum Gasteiger partial charge on any atom is 0.254 e. The topological polar surface area (TPSA) is 104 Å². The molecule has 4 N–H and O–H groups in total. The summed E-state index contributed by atoms with van der Waals surface area (Å²) in [5.41, 5.74) is 11.7. The maximum absolute atomic E-state index is 11.8. The number of para-hydroxylation sites is 1. The lowest BCUT2D eigenvalue weighted by Crippen LogP contribution is -2.27. The number of carbonyl (C=O) groups excluding carboxylic acids is 1. The van der Waals surface area contributed by atoms with Crippen LogP contribution in [0.1, 0.15) is 16.8 Å². The third-order valence-electron chi connectivity index (χ3n) is 4.68. The molecule has 2 heterocycles. The van der Waals surface area contributed by atoms with Crippen LogP contribution in [0.25, 0.3) is 0 Å². The number of nitrogens with two attached hydrogens (primary N) is 2. The van der Waals surface area contributed by atoms with Crippen LogP contribution < -0.4 is 25.8 Å². The third-order valence-corrected chi connectivity index (χ3v) is 4.68. The first-order chi connectivity index (χ1) is 14.1. The minimum atomic E-state index is -0.596. The van der Waals surface area contributed by atoms with Crippen LogP contribution in [0.3, 0.4) is 0 Å². The van der Waals surface area contributed by atoms with Crippen LogP contribution in [0.5, 0.6) is 23.1 Å². The van der Waals surface area contributed by atoms with E-state index < -0.39 is 5.91 Å². The van der Waals surface area contributed by atoms with Gasteiger partial charge in [-0.2, -0.15) is 4.98 Å². The molecule has 1 amide bonds. The first kappa shape index (κ1) is 18.8. The van der Waals surface area contributed by atoms with Crippen LogP contribution in [-0.4, -0.2) is 30.0 Å². The summed E-state index contributed by atoms with van der Waals surface area (Å²) < 4.78 is 11.7. The van der Waals surface area contributed by atoms with Crippen molar-refractivity contribution in [2.45, 2.75) is 12.5 Å².